The van der Waals surface area contributed by atoms with Crippen molar-refractivity contribution < 1.29 is 50.6 Å². The number of carbonyl (C=O) groups is 3. The molecular formula is C20H22F6N2O5. The number of amides is 2. The fourth-order valence-corrected chi connectivity index (χ4v) is 3.00. The Morgan fingerprint density at radius 2 is 1.79 bits per heavy atom. The lowest BCUT2D eigenvalue weighted by molar-refractivity contribution is -0.278. The zero-order chi connectivity index (χ0) is 25.2. The summed E-state index contributed by atoms with van der Waals surface area (Å²) in [6.45, 7) is -0.601. The van der Waals surface area contributed by atoms with E-state index in [9.17, 15) is 45.8 Å². The second-order valence-corrected chi connectivity index (χ2v) is 8.02. The van der Waals surface area contributed by atoms with Gasteiger partial charge in [0.2, 0.25) is 11.8 Å². The summed E-state index contributed by atoms with van der Waals surface area (Å²) in [7, 11) is 0. The van der Waals surface area contributed by atoms with Gasteiger partial charge < -0.3 is 20.5 Å². The Morgan fingerprint density at radius 3 is 2.36 bits per heavy atom. The predicted octanol–water partition coefficient (Wildman–Crippen LogP) is 1.91. The Labute approximate surface area is 184 Å². The number of Topliss-reactive ketones (excluding diaryl/α,β-unsaturated/α-hetero) is 1. The van der Waals surface area contributed by atoms with E-state index in [4.69, 9.17) is 4.74 Å². The maximum Gasteiger partial charge on any atom is 0.455 e. The lowest BCUT2D eigenvalue weighted by Crippen LogP contribution is -2.58. The molecule has 1 aliphatic rings. The van der Waals surface area contributed by atoms with E-state index in [-0.39, 0.29) is 24.2 Å². The minimum atomic E-state index is -5.90. The normalized spacial score (nSPS) is 19.2. The van der Waals surface area contributed by atoms with Gasteiger partial charge >= 0.3 is 12.1 Å². The molecule has 1 aromatic carbocycles. The van der Waals surface area contributed by atoms with Gasteiger partial charge in [-0.15, -0.1) is 0 Å². The minimum absolute atomic E-state index is 0.141. The van der Waals surface area contributed by atoms with Gasteiger partial charge in [0, 0.05) is 25.0 Å². The number of carbonyl (C=O) groups excluding carboxylic acids is 3. The van der Waals surface area contributed by atoms with Crippen LogP contribution in [0.1, 0.15) is 25.8 Å². The van der Waals surface area contributed by atoms with Crippen LogP contribution in [-0.4, -0.2) is 60.1 Å². The predicted molar refractivity (Wildman–Crippen MR) is 101 cm³/mol. The van der Waals surface area contributed by atoms with Gasteiger partial charge in [0.15, 0.2) is 5.78 Å². The summed E-state index contributed by atoms with van der Waals surface area (Å²) in [5.74, 6) is -8.95. The largest absolute Gasteiger partial charge is 0.487 e. The molecule has 33 heavy (non-hydrogen) atoms. The van der Waals surface area contributed by atoms with Crippen LogP contribution < -0.4 is 15.4 Å². The molecule has 2 amide bonds. The number of nitrogens with one attached hydrogen (secondary N) is 2. The molecule has 1 aliphatic heterocycles. The van der Waals surface area contributed by atoms with Gasteiger partial charge in [-0.2, -0.15) is 22.0 Å². The van der Waals surface area contributed by atoms with Gasteiger partial charge in [-0.1, -0.05) is 0 Å². The molecule has 0 spiro atoms. The first-order valence-corrected chi connectivity index (χ1v) is 9.72. The molecule has 2 atom stereocenters. The van der Waals surface area contributed by atoms with Crippen molar-refractivity contribution in [2.45, 2.75) is 50.9 Å². The van der Waals surface area contributed by atoms with Crippen molar-refractivity contribution >= 4 is 17.6 Å². The maximum atomic E-state index is 13.5. The molecule has 13 heteroatoms. The summed E-state index contributed by atoms with van der Waals surface area (Å²) in [6, 6.07) is 2.00. The van der Waals surface area contributed by atoms with Crippen molar-refractivity contribution in [1.82, 2.24) is 10.6 Å². The number of ketones is 1. The summed E-state index contributed by atoms with van der Waals surface area (Å²) in [5, 5.41) is 13.0. The van der Waals surface area contributed by atoms with E-state index < -0.39 is 66.2 Å². The average molecular weight is 484 g/mol. The molecular weight excluding hydrogens is 462 g/mol. The van der Waals surface area contributed by atoms with Gasteiger partial charge in [0.1, 0.15) is 29.1 Å². The molecule has 0 radical (unpaired) electrons. The first kappa shape index (κ1) is 26.4. The zero-order valence-electron chi connectivity index (χ0n) is 17.6. The van der Waals surface area contributed by atoms with Gasteiger partial charge in [0.05, 0.1) is 6.54 Å². The number of hydrogen-bond acceptors (Lipinski definition) is 5. The van der Waals surface area contributed by atoms with Gasteiger partial charge in [-0.3, -0.25) is 14.4 Å². The second kappa shape index (κ2) is 9.57. The van der Waals surface area contributed by atoms with Crippen LogP contribution in [0.5, 0.6) is 5.75 Å². The number of halogens is 6. The number of alkyl halides is 5. The van der Waals surface area contributed by atoms with E-state index in [2.05, 4.69) is 5.32 Å². The highest BCUT2D eigenvalue weighted by Gasteiger charge is 2.57. The third-order valence-electron chi connectivity index (χ3n) is 5.11. The monoisotopic (exact) mass is 484 g/mol. The average Bonchev–Trinajstić information content (AvgIpc) is 2.82. The SMILES string of the molecule is CC(C)(C(=O)NCC(F)(F)C(F)(F)F)C(=O)N[C@@H]1C(=O)Cc2cc(F)ccc2O[C@H]1CCO. The van der Waals surface area contributed by atoms with Gasteiger partial charge in [-0.25, -0.2) is 4.39 Å². The van der Waals surface area contributed by atoms with Gasteiger partial charge in [0.25, 0.3) is 0 Å². The highest BCUT2D eigenvalue weighted by Crippen LogP contribution is 2.35. The van der Waals surface area contributed by atoms with E-state index in [0.29, 0.717) is 0 Å². The van der Waals surface area contributed by atoms with Crippen molar-refractivity contribution in [2.75, 3.05) is 13.2 Å². The quantitative estimate of drug-likeness (QED) is 0.405. The third kappa shape index (κ3) is 5.95. The minimum Gasteiger partial charge on any atom is -0.487 e. The molecule has 3 N–H and O–H groups in total. The summed E-state index contributed by atoms with van der Waals surface area (Å²) >= 11 is 0. The molecule has 0 saturated carbocycles. The van der Waals surface area contributed by atoms with Crippen molar-refractivity contribution in [3.8, 4) is 5.75 Å². The van der Waals surface area contributed by atoms with Crippen LogP contribution in [0, 0.1) is 11.2 Å². The van der Waals surface area contributed by atoms with Gasteiger partial charge in [-0.05, 0) is 32.0 Å². The Balaban J connectivity index is 2.18. The van der Waals surface area contributed by atoms with Crippen molar-refractivity contribution in [1.29, 1.82) is 0 Å². The van der Waals surface area contributed by atoms with Crippen LogP contribution in [-0.2, 0) is 20.8 Å². The molecule has 0 aromatic heterocycles. The van der Waals surface area contributed by atoms with Crippen molar-refractivity contribution in [3.63, 3.8) is 0 Å². The molecule has 0 bridgehead atoms. The van der Waals surface area contributed by atoms with Crippen LogP contribution in [0.15, 0.2) is 18.2 Å². The summed E-state index contributed by atoms with van der Waals surface area (Å²) in [6.07, 6.45) is -7.52. The number of aliphatic hydroxyl groups excluding tert-OH is 1. The molecule has 1 aromatic rings. The van der Waals surface area contributed by atoms with Crippen LogP contribution in [0.4, 0.5) is 26.3 Å². The van der Waals surface area contributed by atoms with E-state index in [1.54, 1.807) is 0 Å². The molecule has 2 rings (SSSR count). The Hall–Kier alpha value is -2.83. The highest BCUT2D eigenvalue weighted by atomic mass is 19.4. The van der Waals surface area contributed by atoms with Crippen LogP contribution in [0.25, 0.3) is 0 Å². The Kier molecular flexibility index (Phi) is 7.67. The molecule has 184 valence electrons. The topological polar surface area (TPSA) is 105 Å². The lowest BCUT2D eigenvalue weighted by atomic mass is 9.89. The first-order chi connectivity index (χ1) is 15.1. The number of rotatable bonds is 7. The Bertz CT molecular complexity index is 919. The van der Waals surface area contributed by atoms with E-state index in [0.717, 1.165) is 26.0 Å². The molecule has 1 heterocycles. The molecule has 7 nitrogen and oxygen atoms in total. The second-order valence-electron chi connectivity index (χ2n) is 8.02. The smallest absolute Gasteiger partial charge is 0.455 e. The summed E-state index contributed by atoms with van der Waals surface area (Å²) in [4.78, 5) is 37.7. The zero-order valence-corrected chi connectivity index (χ0v) is 17.6. The summed E-state index contributed by atoms with van der Waals surface area (Å²) < 4.78 is 82.3. The molecule has 0 saturated heterocycles. The van der Waals surface area contributed by atoms with Crippen LogP contribution >= 0.6 is 0 Å². The Morgan fingerprint density at radius 1 is 1.15 bits per heavy atom. The van der Waals surface area contributed by atoms with Crippen LogP contribution in [0.2, 0.25) is 0 Å². The number of fused-ring (bicyclic) bond motifs is 1. The van der Waals surface area contributed by atoms with E-state index >= 15 is 0 Å². The number of benzene rings is 1. The molecule has 0 unspecified atom stereocenters. The summed E-state index contributed by atoms with van der Waals surface area (Å²) in [5.41, 5.74) is -1.97. The van der Waals surface area contributed by atoms with E-state index in [1.165, 1.54) is 11.4 Å². The van der Waals surface area contributed by atoms with Crippen LogP contribution in [0.3, 0.4) is 0 Å². The fourth-order valence-electron chi connectivity index (χ4n) is 3.00. The number of aliphatic hydroxyl groups is 1. The molecule has 0 aliphatic carbocycles. The van der Waals surface area contributed by atoms with E-state index in [1.807, 2.05) is 0 Å². The third-order valence-corrected chi connectivity index (χ3v) is 5.11. The maximum absolute atomic E-state index is 13.5. The number of ether oxygens (including phenoxy) is 1. The number of hydrogen-bond donors (Lipinski definition) is 3. The highest BCUT2D eigenvalue weighted by molar-refractivity contribution is 6.05. The standard InChI is InChI=1S/C20H22F6N2O5/c1-18(2,16(31)27-9-19(22,23)20(24,25)26)17(32)28-15-12(30)8-10-7-11(21)3-4-13(10)33-14(15)5-6-29/h3-4,7,14-15,29H,5-6,8-9H2,1-2H3,(H,27,31)(H,28,32)/t14-,15+/m0/s1. The van der Waals surface area contributed by atoms with Crippen molar-refractivity contribution in [2.24, 2.45) is 5.41 Å². The van der Waals surface area contributed by atoms with Crippen molar-refractivity contribution in [3.05, 3.63) is 29.6 Å². The first-order valence-electron chi connectivity index (χ1n) is 9.72. The fraction of sp³-hybridized carbons (Fsp3) is 0.550. The lowest BCUT2D eigenvalue weighted by Gasteiger charge is -2.30. The molecule has 0 fully saturated rings.